The first-order chi connectivity index (χ1) is 16.6. The van der Waals surface area contributed by atoms with Crippen molar-refractivity contribution in [1.29, 1.82) is 0 Å². The third-order valence-electron chi connectivity index (χ3n) is 6.01. The third-order valence-corrected chi connectivity index (χ3v) is 12.7. The lowest BCUT2D eigenvalue weighted by Gasteiger charge is -2.19. The molecule has 0 bridgehead atoms. The van der Waals surface area contributed by atoms with Gasteiger partial charge in [0.2, 0.25) is 0 Å². The summed E-state index contributed by atoms with van der Waals surface area (Å²) < 4.78 is 80.1. The van der Waals surface area contributed by atoms with Gasteiger partial charge in [-0.2, -0.15) is 16.8 Å². The van der Waals surface area contributed by atoms with Crippen LogP contribution in [-0.4, -0.2) is 56.4 Å². The third kappa shape index (κ3) is 10.1. The van der Waals surface area contributed by atoms with E-state index in [0.29, 0.717) is 55.3 Å². The van der Waals surface area contributed by atoms with Crippen LogP contribution in [0.25, 0.3) is 0 Å². The second-order valence-electron chi connectivity index (χ2n) is 9.24. The molecule has 2 N–H and O–H groups in total. The van der Waals surface area contributed by atoms with Gasteiger partial charge in [-0.15, -0.1) is 9.45 Å². The summed E-state index contributed by atoms with van der Waals surface area (Å²) in [5.41, 5.74) is 2.74. The monoisotopic (exact) mass is 594 g/mol. The molecule has 0 aliphatic rings. The van der Waals surface area contributed by atoms with Crippen LogP contribution in [-0.2, 0) is 58.3 Å². The first kappa shape index (κ1) is 31.3. The number of aryl methyl sites for hydroxylation is 4. The standard InChI is InChI=1S/C24H35O7PS4/c1-19-9-11-23(35(26,27)28)21(17-19)7-4-13-32(25,15-6-16-34(3)33)14-5-8-22-18-20(2)10-12-24(22)36(29,30)31/h9-12,17-18H,4-8,13-16H2,1-3H3,(H,26,27,28)(H,29,30,31). The molecular formula is C24H35O7PS4. The van der Waals surface area contributed by atoms with Crippen LogP contribution in [0.15, 0.2) is 46.2 Å². The van der Waals surface area contributed by atoms with Crippen molar-refractivity contribution in [3.63, 3.8) is 0 Å². The van der Waals surface area contributed by atoms with Crippen LogP contribution in [0, 0.1) is 13.8 Å². The van der Waals surface area contributed by atoms with Crippen molar-refractivity contribution in [2.24, 2.45) is 0 Å². The Morgan fingerprint density at radius 3 is 1.53 bits per heavy atom. The minimum atomic E-state index is -4.35. The highest BCUT2D eigenvalue weighted by Crippen LogP contribution is 2.48. The van der Waals surface area contributed by atoms with Crippen LogP contribution in [0.2, 0.25) is 0 Å². The van der Waals surface area contributed by atoms with Crippen molar-refractivity contribution in [3.8, 4) is 0 Å². The molecule has 0 saturated carbocycles. The zero-order valence-electron chi connectivity index (χ0n) is 20.8. The summed E-state index contributed by atoms with van der Waals surface area (Å²) in [6, 6.07) is 9.48. The fraction of sp³-hybridized carbons (Fsp3) is 0.500. The molecule has 1 unspecified atom stereocenters. The van der Waals surface area contributed by atoms with Gasteiger partial charge >= 0.3 is 0 Å². The van der Waals surface area contributed by atoms with Crippen LogP contribution in [0.4, 0.5) is 0 Å². The van der Waals surface area contributed by atoms with Gasteiger partial charge < -0.3 is 4.57 Å². The van der Waals surface area contributed by atoms with Crippen LogP contribution >= 0.6 is 7.14 Å². The number of benzene rings is 2. The molecule has 2 aromatic carbocycles. The molecule has 0 saturated heterocycles. The SMILES string of the molecule is Cc1ccc(S(=O)(=O)O)c(CCCP(=O)(CCCc2cc(C)ccc2S(=O)(=O)O)CCCS(C)=S)c1. The summed E-state index contributed by atoms with van der Waals surface area (Å²) in [4.78, 5) is -0.248. The van der Waals surface area contributed by atoms with Gasteiger partial charge in [0.05, 0.1) is 16.9 Å². The molecule has 0 aliphatic carbocycles. The molecule has 7 nitrogen and oxygen atoms in total. The lowest BCUT2D eigenvalue weighted by molar-refractivity contribution is 0.479. The van der Waals surface area contributed by atoms with Gasteiger partial charge in [0.25, 0.3) is 20.2 Å². The van der Waals surface area contributed by atoms with Gasteiger partial charge in [-0.05, 0) is 81.2 Å². The molecule has 0 heterocycles. The molecule has 1 atom stereocenters. The largest absolute Gasteiger partial charge is 0.324 e. The Bertz CT molecular complexity index is 1260. The molecule has 12 heteroatoms. The number of hydrogen-bond donors (Lipinski definition) is 2. The van der Waals surface area contributed by atoms with Crippen LogP contribution < -0.4 is 0 Å². The van der Waals surface area contributed by atoms with Crippen molar-refractivity contribution in [1.82, 2.24) is 0 Å². The lowest BCUT2D eigenvalue weighted by atomic mass is 10.1. The molecule has 2 aromatic rings. The molecule has 2 rings (SSSR count). The minimum absolute atomic E-state index is 0.124. The van der Waals surface area contributed by atoms with Crippen LogP contribution in [0.1, 0.15) is 41.5 Å². The van der Waals surface area contributed by atoms with Crippen molar-refractivity contribution >= 4 is 48.0 Å². The van der Waals surface area contributed by atoms with E-state index in [9.17, 15) is 30.5 Å². The number of rotatable bonds is 14. The molecule has 0 aliphatic heterocycles. The Morgan fingerprint density at radius 2 is 1.17 bits per heavy atom. The summed E-state index contributed by atoms with van der Waals surface area (Å²) >= 11 is 5.27. The maximum absolute atomic E-state index is 13.9. The molecule has 0 aromatic heterocycles. The molecule has 0 amide bonds. The number of hydrogen-bond acceptors (Lipinski definition) is 6. The second kappa shape index (κ2) is 13.2. The van der Waals surface area contributed by atoms with Gasteiger partial charge in [0.1, 0.15) is 0 Å². The zero-order chi connectivity index (χ0) is 27.1. The van der Waals surface area contributed by atoms with E-state index in [0.717, 1.165) is 23.3 Å². The Labute approximate surface area is 222 Å². The first-order valence-corrected chi connectivity index (χ1v) is 19.5. The van der Waals surface area contributed by atoms with Crippen LogP contribution in [0.5, 0.6) is 0 Å². The predicted octanol–water partition coefficient (Wildman–Crippen LogP) is 4.83. The summed E-state index contributed by atoms with van der Waals surface area (Å²) in [6.07, 6.45) is 5.78. The average molecular weight is 595 g/mol. The van der Waals surface area contributed by atoms with Crippen LogP contribution in [0.3, 0.4) is 0 Å². The molecule has 36 heavy (non-hydrogen) atoms. The Morgan fingerprint density at radius 1 is 0.778 bits per heavy atom. The predicted molar refractivity (Wildman–Crippen MR) is 151 cm³/mol. The summed E-state index contributed by atoms with van der Waals surface area (Å²) in [7, 11) is -11.5. The highest BCUT2D eigenvalue weighted by molar-refractivity contribution is 8.28. The average Bonchev–Trinajstić information content (AvgIpc) is 2.72. The maximum Gasteiger partial charge on any atom is 0.294 e. The second-order valence-corrected chi connectivity index (χ2v) is 18.7. The van der Waals surface area contributed by atoms with Gasteiger partial charge in [-0.3, -0.25) is 9.11 Å². The van der Waals surface area contributed by atoms with Crippen molar-refractivity contribution in [3.05, 3.63) is 58.7 Å². The first-order valence-electron chi connectivity index (χ1n) is 11.6. The van der Waals surface area contributed by atoms with E-state index >= 15 is 0 Å². The fourth-order valence-corrected chi connectivity index (χ4v) is 9.77. The van der Waals surface area contributed by atoms with E-state index in [1.807, 2.05) is 20.1 Å². The summed E-state index contributed by atoms with van der Waals surface area (Å²) in [6.45, 7) is 3.68. The Kier molecular flexibility index (Phi) is 11.5. The van der Waals surface area contributed by atoms with E-state index in [1.54, 1.807) is 24.3 Å². The van der Waals surface area contributed by atoms with Gasteiger partial charge in [-0.25, -0.2) is 0 Å². The van der Waals surface area contributed by atoms with E-state index in [1.165, 1.54) is 12.1 Å². The summed E-state index contributed by atoms with van der Waals surface area (Å²) in [5.74, 6) is 0.800. The topological polar surface area (TPSA) is 126 Å². The fourth-order valence-electron chi connectivity index (χ4n) is 4.32. The lowest BCUT2D eigenvalue weighted by Crippen LogP contribution is -2.08. The van der Waals surface area contributed by atoms with Crippen molar-refractivity contribution < 1.29 is 30.5 Å². The minimum Gasteiger partial charge on any atom is -0.324 e. The normalized spacial score (nSPS) is 13.6. The van der Waals surface area contributed by atoms with Gasteiger partial charge in [-0.1, -0.05) is 46.6 Å². The van der Waals surface area contributed by atoms with Gasteiger partial charge in [0, 0.05) is 18.5 Å². The zero-order valence-corrected chi connectivity index (χ0v) is 25.0. The van der Waals surface area contributed by atoms with Crippen molar-refractivity contribution in [2.45, 2.75) is 55.7 Å². The molecule has 0 spiro atoms. The highest BCUT2D eigenvalue weighted by Gasteiger charge is 2.23. The molecule has 0 fully saturated rings. The van der Waals surface area contributed by atoms with E-state index in [4.69, 9.17) is 11.2 Å². The molecular weight excluding hydrogens is 559 g/mol. The summed E-state index contributed by atoms with van der Waals surface area (Å²) in [5, 5.41) is 0. The van der Waals surface area contributed by atoms with Crippen molar-refractivity contribution in [2.75, 3.05) is 30.5 Å². The maximum atomic E-state index is 13.9. The van der Waals surface area contributed by atoms with E-state index in [2.05, 4.69) is 0 Å². The molecule has 202 valence electrons. The Balaban J connectivity index is 2.15. The van der Waals surface area contributed by atoms with E-state index in [-0.39, 0.29) is 19.2 Å². The Hall–Kier alpha value is -0.940. The highest BCUT2D eigenvalue weighted by atomic mass is 32.8. The quantitative estimate of drug-likeness (QED) is 0.235. The molecule has 0 radical (unpaired) electrons. The smallest absolute Gasteiger partial charge is 0.294 e. The van der Waals surface area contributed by atoms with E-state index < -0.39 is 27.4 Å². The van der Waals surface area contributed by atoms with Gasteiger partial charge in [0.15, 0.2) is 0 Å².